The van der Waals surface area contributed by atoms with Gasteiger partial charge in [0.05, 0.1) is 6.61 Å². The van der Waals surface area contributed by atoms with Crippen LogP contribution < -0.4 is 0 Å². The standard InChI is InChI=1S/C46H91O8P/c1-4-6-8-10-12-14-16-18-20-21-22-23-24-25-26-27-29-31-33-35-37-39-41-46(48)54-44(43-53-55(49,50)51-3)42-52-45(47)40-38-36-34-32-30-28-19-17-15-13-11-9-7-5-2/h44H,4-43H2,1-3H3,(H,49,50). The van der Waals surface area contributed by atoms with E-state index in [2.05, 4.69) is 18.4 Å². The molecule has 0 saturated heterocycles. The Morgan fingerprint density at radius 2 is 0.709 bits per heavy atom. The summed E-state index contributed by atoms with van der Waals surface area (Å²) >= 11 is 0. The van der Waals surface area contributed by atoms with Gasteiger partial charge in [0.25, 0.3) is 0 Å². The number of carbonyl (C=O) groups is 2. The number of esters is 2. The van der Waals surface area contributed by atoms with E-state index >= 15 is 0 Å². The van der Waals surface area contributed by atoms with Crippen LogP contribution in [0.25, 0.3) is 0 Å². The second kappa shape index (κ2) is 42.7. The van der Waals surface area contributed by atoms with Crippen molar-refractivity contribution in [3.05, 3.63) is 0 Å². The molecule has 2 atom stereocenters. The van der Waals surface area contributed by atoms with Crippen molar-refractivity contribution < 1.29 is 37.6 Å². The lowest BCUT2D eigenvalue weighted by molar-refractivity contribution is -0.161. The molecule has 328 valence electrons. The van der Waals surface area contributed by atoms with Gasteiger partial charge in [-0.1, -0.05) is 232 Å². The zero-order valence-corrected chi connectivity index (χ0v) is 37.5. The summed E-state index contributed by atoms with van der Waals surface area (Å²) in [6.45, 7) is 3.93. The van der Waals surface area contributed by atoms with E-state index in [4.69, 9.17) is 14.0 Å². The van der Waals surface area contributed by atoms with E-state index in [1.807, 2.05) is 0 Å². The molecule has 0 aliphatic heterocycles. The monoisotopic (exact) mass is 803 g/mol. The van der Waals surface area contributed by atoms with Crippen molar-refractivity contribution in [2.75, 3.05) is 20.3 Å². The van der Waals surface area contributed by atoms with Gasteiger partial charge in [-0.05, 0) is 12.8 Å². The van der Waals surface area contributed by atoms with Crippen LogP contribution in [0.4, 0.5) is 0 Å². The highest BCUT2D eigenvalue weighted by atomic mass is 31.2. The smallest absolute Gasteiger partial charge is 0.462 e. The number of ether oxygens (including phenoxy) is 2. The minimum atomic E-state index is -4.26. The summed E-state index contributed by atoms with van der Waals surface area (Å²) in [5, 5.41) is 0. The molecule has 0 fully saturated rings. The van der Waals surface area contributed by atoms with Gasteiger partial charge in [-0.2, -0.15) is 0 Å². The molecule has 0 spiro atoms. The third kappa shape index (κ3) is 42.5. The van der Waals surface area contributed by atoms with Crippen LogP contribution in [0, 0.1) is 0 Å². The molecule has 8 nitrogen and oxygen atoms in total. The number of unbranched alkanes of at least 4 members (excludes halogenated alkanes) is 34. The van der Waals surface area contributed by atoms with Gasteiger partial charge in [0, 0.05) is 20.0 Å². The third-order valence-electron chi connectivity index (χ3n) is 10.9. The van der Waals surface area contributed by atoms with Crippen LogP contribution in [-0.2, 0) is 32.7 Å². The predicted molar refractivity (Wildman–Crippen MR) is 230 cm³/mol. The van der Waals surface area contributed by atoms with E-state index in [9.17, 15) is 19.0 Å². The van der Waals surface area contributed by atoms with Crippen molar-refractivity contribution >= 4 is 19.8 Å². The minimum Gasteiger partial charge on any atom is -0.462 e. The largest absolute Gasteiger partial charge is 0.472 e. The molecule has 0 amide bonds. The topological polar surface area (TPSA) is 108 Å². The van der Waals surface area contributed by atoms with Crippen molar-refractivity contribution in [3.8, 4) is 0 Å². The minimum absolute atomic E-state index is 0.216. The molecule has 0 saturated carbocycles. The van der Waals surface area contributed by atoms with Crippen LogP contribution in [0.1, 0.15) is 258 Å². The van der Waals surface area contributed by atoms with Crippen LogP contribution in [0.3, 0.4) is 0 Å². The summed E-state index contributed by atoms with van der Waals surface area (Å²) < 4.78 is 32.1. The zero-order chi connectivity index (χ0) is 40.3. The number of phosphoric acid groups is 1. The van der Waals surface area contributed by atoms with Gasteiger partial charge in [0.2, 0.25) is 0 Å². The van der Waals surface area contributed by atoms with Crippen LogP contribution in [0.5, 0.6) is 0 Å². The molecular weight excluding hydrogens is 711 g/mol. The van der Waals surface area contributed by atoms with E-state index in [0.29, 0.717) is 6.42 Å². The molecule has 2 unspecified atom stereocenters. The van der Waals surface area contributed by atoms with Gasteiger partial charge in [-0.3, -0.25) is 18.6 Å². The summed E-state index contributed by atoms with van der Waals surface area (Å²) in [6.07, 6.45) is 45.9. The molecule has 0 aromatic rings. The normalized spacial score (nSPS) is 13.2. The Hall–Kier alpha value is -0.950. The summed E-state index contributed by atoms with van der Waals surface area (Å²) in [6, 6.07) is 0. The molecule has 55 heavy (non-hydrogen) atoms. The van der Waals surface area contributed by atoms with Crippen LogP contribution in [0.2, 0.25) is 0 Å². The molecule has 0 aromatic heterocycles. The van der Waals surface area contributed by atoms with E-state index < -0.39 is 26.5 Å². The SMILES string of the molecule is CCCCCCCCCCCCCCCCCCCCCCCCC(=O)OC(COC(=O)CCCCCCCCCCCCCCCC)COP(=O)(O)OC. The Morgan fingerprint density at radius 3 is 1.00 bits per heavy atom. The maximum atomic E-state index is 12.5. The highest BCUT2D eigenvalue weighted by molar-refractivity contribution is 7.47. The van der Waals surface area contributed by atoms with Gasteiger partial charge in [-0.15, -0.1) is 0 Å². The summed E-state index contributed by atoms with van der Waals surface area (Å²) in [4.78, 5) is 34.5. The van der Waals surface area contributed by atoms with E-state index in [-0.39, 0.29) is 19.0 Å². The Morgan fingerprint density at radius 1 is 0.436 bits per heavy atom. The van der Waals surface area contributed by atoms with Crippen molar-refractivity contribution in [1.29, 1.82) is 0 Å². The Bertz CT molecular complexity index is 869. The molecule has 0 radical (unpaired) electrons. The molecule has 0 aromatic carbocycles. The Labute approximate surface area is 340 Å². The van der Waals surface area contributed by atoms with Gasteiger partial charge < -0.3 is 14.4 Å². The number of phosphoric ester groups is 1. The van der Waals surface area contributed by atoms with Gasteiger partial charge in [0.1, 0.15) is 6.61 Å². The molecule has 1 N–H and O–H groups in total. The maximum Gasteiger partial charge on any atom is 0.472 e. The summed E-state index contributed by atoms with van der Waals surface area (Å²) in [5.41, 5.74) is 0. The van der Waals surface area contributed by atoms with Crippen molar-refractivity contribution in [2.24, 2.45) is 0 Å². The van der Waals surface area contributed by atoms with Gasteiger partial charge in [-0.25, -0.2) is 4.57 Å². The highest BCUT2D eigenvalue weighted by Gasteiger charge is 2.24. The van der Waals surface area contributed by atoms with Crippen molar-refractivity contribution in [1.82, 2.24) is 0 Å². The molecule has 0 bridgehead atoms. The molecular formula is C46H91O8P. The van der Waals surface area contributed by atoms with Crippen LogP contribution >= 0.6 is 7.82 Å². The molecule has 0 rings (SSSR count). The summed E-state index contributed by atoms with van der Waals surface area (Å²) in [5.74, 6) is -0.784. The zero-order valence-electron chi connectivity index (χ0n) is 36.6. The van der Waals surface area contributed by atoms with Gasteiger partial charge in [0.15, 0.2) is 6.10 Å². The lowest BCUT2D eigenvalue weighted by atomic mass is 10.0. The van der Waals surface area contributed by atoms with E-state index in [1.165, 1.54) is 193 Å². The first-order chi connectivity index (χ1) is 26.8. The van der Waals surface area contributed by atoms with E-state index in [1.54, 1.807) is 0 Å². The molecule has 9 heteroatoms. The lowest BCUT2D eigenvalue weighted by Crippen LogP contribution is -2.29. The third-order valence-corrected chi connectivity index (χ3v) is 11.8. The fourth-order valence-electron chi connectivity index (χ4n) is 7.19. The van der Waals surface area contributed by atoms with E-state index in [0.717, 1.165) is 45.6 Å². The average Bonchev–Trinajstić information content (AvgIpc) is 3.18. The fourth-order valence-corrected chi connectivity index (χ4v) is 7.65. The quantitative estimate of drug-likeness (QED) is 0.0368. The van der Waals surface area contributed by atoms with Gasteiger partial charge >= 0.3 is 19.8 Å². The van der Waals surface area contributed by atoms with Crippen LogP contribution in [0.15, 0.2) is 0 Å². The maximum absolute atomic E-state index is 12.5. The second-order valence-corrected chi connectivity index (χ2v) is 17.8. The summed E-state index contributed by atoms with van der Waals surface area (Å²) in [7, 11) is -3.19. The molecule has 0 aliphatic carbocycles. The number of hydrogen-bond donors (Lipinski definition) is 1. The average molecular weight is 803 g/mol. The Balaban J connectivity index is 3.85. The fraction of sp³-hybridized carbons (Fsp3) is 0.957. The lowest BCUT2D eigenvalue weighted by Gasteiger charge is -2.19. The molecule has 0 heterocycles. The first-order valence-corrected chi connectivity index (χ1v) is 25.2. The van der Waals surface area contributed by atoms with Crippen molar-refractivity contribution in [2.45, 2.75) is 264 Å². The highest BCUT2D eigenvalue weighted by Crippen LogP contribution is 2.42. The predicted octanol–water partition coefficient (Wildman–Crippen LogP) is 15.1. The molecule has 0 aliphatic rings. The van der Waals surface area contributed by atoms with Crippen LogP contribution in [-0.4, -0.2) is 43.3 Å². The first-order valence-electron chi connectivity index (χ1n) is 23.7. The number of rotatable bonds is 45. The second-order valence-electron chi connectivity index (χ2n) is 16.3. The van der Waals surface area contributed by atoms with Crippen molar-refractivity contribution in [3.63, 3.8) is 0 Å². The first kappa shape index (κ1) is 54.0. The number of hydrogen-bond acceptors (Lipinski definition) is 7. The number of carbonyl (C=O) groups excluding carboxylic acids is 2. The Kier molecular flexibility index (Phi) is 41.9.